The van der Waals surface area contributed by atoms with E-state index in [9.17, 15) is 53.1 Å². The molecular weight excluding hydrogens is 1880 g/mol. The van der Waals surface area contributed by atoms with Gasteiger partial charge < -0.3 is 44.1 Å². The van der Waals surface area contributed by atoms with E-state index < -0.39 is 0 Å². The number of aliphatic hydroxyl groups is 1. The van der Waals surface area contributed by atoms with Gasteiger partial charge in [0.25, 0.3) is 53.2 Å². The number of fused-ring (bicyclic) bond motifs is 40. The van der Waals surface area contributed by atoms with E-state index in [1.807, 2.05) is 183 Å². The van der Waals surface area contributed by atoms with Crippen molar-refractivity contribution in [2.75, 3.05) is 38.2 Å². The average molecular weight is 1980 g/mol. The molecule has 0 saturated carbocycles. The third-order valence-corrected chi connectivity index (χ3v) is 30.3. The van der Waals surface area contributed by atoms with Crippen LogP contribution in [0.2, 0.25) is 10.0 Å². The van der Waals surface area contributed by atoms with Gasteiger partial charge in [-0.2, -0.15) is 0 Å². The largest absolute Gasteiger partial charge is 0.396 e. The van der Waals surface area contributed by atoms with Gasteiger partial charge in [-0.25, -0.2) is 4.79 Å². The molecule has 4 aromatic heterocycles. The maximum absolute atomic E-state index is 13.2. The van der Waals surface area contributed by atoms with Crippen molar-refractivity contribution in [3.05, 3.63) is 384 Å². The lowest BCUT2D eigenvalue weighted by Crippen LogP contribution is -2.30. The first-order valence-electron chi connectivity index (χ1n) is 50.1. The van der Waals surface area contributed by atoms with Crippen LogP contribution in [0.25, 0.3) is 132 Å². The van der Waals surface area contributed by atoms with Crippen molar-refractivity contribution in [3.8, 4) is 44.5 Å². The number of nitrogens with zero attached hydrogens (tertiary/aromatic N) is 4. The Hall–Kier alpha value is -16.7. The number of aromatic nitrogens is 4. The third-order valence-electron chi connectivity index (χ3n) is 29.7. The number of aryl methyl sites for hydroxylation is 8. The number of ether oxygens (including phenoxy) is 1. The molecule has 0 atom stereocenters. The topological polar surface area (TPSA) is 304 Å². The summed E-state index contributed by atoms with van der Waals surface area (Å²) in [5.74, 6) is -2.79. The molecule has 8 N–H and O–H groups in total. The zero-order valence-electron chi connectivity index (χ0n) is 80.4. The fraction of sp³-hybridized carbons (Fsp3) is 0.180. The maximum atomic E-state index is 13.2. The third kappa shape index (κ3) is 16.2. The zero-order chi connectivity index (χ0) is 101. The highest BCUT2D eigenvalue weighted by Gasteiger charge is 2.44. The second-order valence-electron chi connectivity index (χ2n) is 37.8. The Kier molecular flexibility index (Phi) is 25.2. The van der Waals surface area contributed by atoms with Crippen molar-refractivity contribution in [2.45, 2.75) is 110 Å². The first kappa shape index (κ1) is 93.9. The fourth-order valence-electron chi connectivity index (χ4n) is 23.8. The number of benzene rings is 15. The highest BCUT2D eigenvalue weighted by Crippen LogP contribution is 2.54. The monoisotopic (exact) mass is 1980 g/mol. The summed E-state index contributed by atoms with van der Waals surface area (Å²) in [6, 6.07) is 91.7. The number of nitrogens with one attached hydrogen (secondary N) is 7. The van der Waals surface area contributed by atoms with Crippen LogP contribution >= 0.6 is 23.2 Å². The zero-order valence-corrected chi connectivity index (χ0v) is 81.9. The van der Waals surface area contributed by atoms with Crippen molar-refractivity contribution in [1.82, 2.24) is 50.2 Å². The van der Waals surface area contributed by atoms with Crippen molar-refractivity contribution in [2.24, 2.45) is 0 Å². The summed E-state index contributed by atoms with van der Waals surface area (Å²) in [7, 11) is 0. The first-order valence-corrected chi connectivity index (χ1v) is 50.9. The van der Waals surface area contributed by atoms with Crippen LogP contribution in [0.4, 0.5) is 10.5 Å². The molecule has 728 valence electrons. The first-order chi connectivity index (χ1) is 72.0. The van der Waals surface area contributed by atoms with Gasteiger partial charge in [-0.05, 0) is 199 Å². The lowest BCUT2D eigenvalue weighted by molar-refractivity contribution is 0.0863. The van der Waals surface area contributed by atoms with E-state index in [1.54, 1.807) is 18.2 Å². The normalized spacial score (nSPS) is 13.9. The van der Waals surface area contributed by atoms with Crippen molar-refractivity contribution in [3.63, 3.8) is 0 Å². The van der Waals surface area contributed by atoms with Crippen LogP contribution in [0, 0.1) is 0 Å². The predicted molar refractivity (Wildman–Crippen MR) is 577 cm³/mol. The van der Waals surface area contributed by atoms with E-state index in [2.05, 4.69) is 140 Å². The van der Waals surface area contributed by atoms with Crippen molar-refractivity contribution >= 4 is 175 Å². The summed E-state index contributed by atoms with van der Waals surface area (Å²) in [4.78, 5) is 129. The number of aliphatic hydroxyl groups excluding tert-OH is 1. The molecule has 4 aliphatic carbocycles. The molecule has 0 fully saturated rings. The maximum Gasteiger partial charge on any atom is 0.319 e. The van der Waals surface area contributed by atoms with Crippen LogP contribution in [0.5, 0.6) is 0 Å². The fourth-order valence-corrected chi connectivity index (χ4v) is 24.4. The number of urea groups is 1. The van der Waals surface area contributed by atoms with Gasteiger partial charge in [0.1, 0.15) is 0 Å². The Balaban J connectivity index is 0.000000106. The number of imide groups is 4. The number of amides is 11. The lowest BCUT2D eigenvalue weighted by atomic mass is 9.80. The standard InChI is InChI=1S/C32H23Cl2N3O3.C32H26N4O3.C27H24N2O3.C25H20N2O3.C6H6/c33-21-10-5-11-22(34)27(21)30(38)35-15-6-16-37-23-12-4-3-9-19(23)25-28-26(31(39)36-32(28)40)20-14-13-17-7-1-2-8-18(17)24(20)29(25)37;37-30-27-23-16-15-19-9-4-5-12-21(19)25(23)29-26(28(27)31(38)35-30)22-13-6-7-14-24(22)36(29)18-8-17-33-32(39)34-20-10-2-1-3-11-20;1-2-32-15-7-14-29-20-11-6-5-10-18(20)22-24-23(26(30)28-27(24)31)19-13-12-16-8-3-4-9-17(16)21(19)25(22)29;28-13-5-12-27-18-9-4-3-8-16(18)20-22-21(24(29)26-25(22)30)17-11-10-14-6-1-2-7-15(14)19(17)23(20)27;1-2-4-6-5-3-1/h1-5,7-12H,6,13-16H2,(H,35,38)(H,36,39,40);1-7,9-14H,8,15-18H2,(H2,33,34,39)(H,35,37,38);3-6,8-11H,2,7,12-15H2,1H3,(H,28,30,31);1-4,6-9,28H,5,10-13H2,(H,26,29,30);1-6H. The molecule has 11 amide bonds. The number of anilines is 1. The summed E-state index contributed by atoms with van der Waals surface area (Å²) < 4.78 is 14.7. The van der Waals surface area contributed by atoms with E-state index in [0.29, 0.717) is 133 Å². The van der Waals surface area contributed by atoms with Gasteiger partial charge >= 0.3 is 6.03 Å². The summed E-state index contributed by atoms with van der Waals surface area (Å²) in [5, 5.41) is 36.3. The van der Waals surface area contributed by atoms with Gasteiger partial charge in [0, 0.05) is 152 Å². The van der Waals surface area contributed by atoms with Gasteiger partial charge in [0.05, 0.1) is 82.2 Å². The van der Waals surface area contributed by atoms with Gasteiger partial charge in [-0.3, -0.25) is 64.4 Å². The highest BCUT2D eigenvalue weighted by molar-refractivity contribution is 6.41. The Labute approximate surface area is 854 Å². The molecule has 0 spiro atoms. The molecular formula is C122H99Cl2N11O12. The number of rotatable bonds is 18. The molecule has 8 aliphatic rings. The molecule has 147 heavy (non-hydrogen) atoms. The molecule has 8 heterocycles. The molecule has 25 heteroatoms. The predicted octanol–water partition coefficient (Wildman–Crippen LogP) is 22.6. The van der Waals surface area contributed by atoms with Gasteiger partial charge in [-0.15, -0.1) is 0 Å². The Morgan fingerprint density at radius 3 is 0.918 bits per heavy atom. The van der Waals surface area contributed by atoms with Crippen LogP contribution < -0.4 is 37.2 Å². The second kappa shape index (κ2) is 39.4. The Morgan fingerprint density at radius 1 is 0.313 bits per heavy atom. The molecule has 15 aromatic carbocycles. The van der Waals surface area contributed by atoms with Crippen LogP contribution in [0.1, 0.15) is 170 Å². The second-order valence-corrected chi connectivity index (χ2v) is 38.6. The van der Waals surface area contributed by atoms with Crippen molar-refractivity contribution in [1.29, 1.82) is 0 Å². The van der Waals surface area contributed by atoms with Crippen LogP contribution in [0.3, 0.4) is 0 Å². The summed E-state index contributed by atoms with van der Waals surface area (Å²) in [6.07, 6.45) is 9.02. The highest BCUT2D eigenvalue weighted by atomic mass is 35.5. The molecule has 0 saturated heterocycles. The number of para-hydroxylation sites is 5. The molecule has 0 bridgehead atoms. The van der Waals surface area contributed by atoms with Crippen molar-refractivity contribution < 1.29 is 57.8 Å². The summed E-state index contributed by atoms with van der Waals surface area (Å²) in [5.41, 5.74) is 30.8. The minimum absolute atomic E-state index is 0.0939. The number of carbonyl (C=O) groups excluding carboxylic acids is 10. The minimum atomic E-state index is -0.349. The molecule has 23 nitrogen and oxygen atoms in total. The lowest BCUT2D eigenvalue weighted by Gasteiger charge is -2.24. The molecule has 0 radical (unpaired) electrons. The van der Waals surface area contributed by atoms with Crippen LogP contribution in [-0.2, 0) is 82.3 Å². The number of halogens is 2. The molecule has 4 aliphatic heterocycles. The van der Waals surface area contributed by atoms with Gasteiger partial charge in [-0.1, -0.05) is 254 Å². The molecule has 0 unspecified atom stereocenters. The number of hydrogen-bond donors (Lipinski definition) is 8. The quantitative estimate of drug-likeness (QED) is 0.0294. The van der Waals surface area contributed by atoms with Crippen LogP contribution in [0.15, 0.2) is 279 Å². The molecule has 27 rings (SSSR count). The Morgan fingerprint density at radius 2 is 0.592 bits per heavy atom. The average Bonchev–Trinajstić information content (AvgIpc) is 1.55. The van der Waals surface area contributed by atoms with E-state index in [0.717, 1.165) is 206 Å². The van der Waals surface area contributed by atoms with Gasteiger partial charge in [0.2, 0.25) is 0 Å². The SMILES string of the molecule is CCOCCCn1c2ccccc2c2c3c(c4c(c21)-c1ccccc1CC4)C(=O)NC3=O.O=C(NCCCn1c2ccccc2c2c3c(c4c(c21)-c1ccccc1CC4)C(=O)NC3=O)Nc1ccccc1.O=C(NCCCn1c2ccccc2c2c3c(c4c(c21)-c1ccccc1CC4)C(=O)NC3=O)c1c(Cl)cccc1Cl.O=C1NC(=O)c2c1c1c(c3c2c2ccccc2n3CCCO)-c2ccccc2CC1.c1ccccc1. The van der Waals surface area contributed by atoms with E-state index >= 15 is 0 Å². The Bertz CT molecular complexity index is 8790. The van der Waals surface area contributed by atoms with E-state index in [1.165, 1.54) is 27.8 Å². The van der Waals surface area contributed by atoms with Gasteiger partial charge in [0.15, 0.2) is 0 Å². The summed E-state index contributed by atoms with van der Waals surface area (Å²) >= 11 is 12.4. The molecule has 19 aromatic rings. The smallest absolute Gasteiger partial charge is 0.319 e. The van der Waals surface area contributed by atoms with E-state index in [-0.39, 0.29) is 71.4 Å². The summed E-state index contributed by atoms with van der Waals surface area (Å²) in [6.45, 7) is 7.02. The minimum Gasteiger partial charge on any atom is -0.396 e. The van der Waals surface area contributed by atoms with Crippen LogP contribution in [-0.4, -0.2) is 115 Å². The van der Waals surface area contributed by atoms with E-state index in [4.69, 9.17) is 27.9 Å². The number of carbonyl (C=O) groups is 10. The number of hydrogen-bond acceptors (Lipinski definition) is 12.